The largest absolute Gasteiger partial charge is 0.324 e. The Hall–Kier alpha value is -1.41. The first-order chi connectivity index (χ1) is 7.86. The van der Waals surface area contributed by atoms with Gasteiger partial charge in [0.15, 0.2) is 0 Å². The van der Waals surface area contributed by atoms with Crippen LogP contribution >= 0.6 is 0 Å². The van der Waals surface area contributed by atoms with Gasteiger partial charge in [-0.25, -0.2) is 0 Å². The number of fused-ring (bicyclic) bond motifs is 1. The van der Waals surface area contributed by atoms with Crippen LogP contribution in [0.1, 0.15) is 30.9 Å². The van der Waals surface area contributed by atoms with Gasteiger partial charge >= 0.3 is 0 Å². The molecule has 1 aromatic carbocycles. The van der Waals surface area contributed by atoms with Crippen LogP contribution < -0.4 is 5.73 Å². The normalized spacial score (nSPS) is 18.3. The van der Waals surface area contributed by atoms with Gasteiger partial charge in [-0.05, 0) is 29.7 Å². The van der Waals surface area contributed by atoms with Crippen molar-refractivity contribution in [2.24, 2.45) is 11.7 Å². The summed E-state index contributed by atoms with van der Waals surface area (Å²) in [7, 11) is 0. The molecule has 0 spiro atoms. The maximum absolute atomic E-state index is 6.33. The number of nitrogens with two attached hydrogens (primary N) is 1. The lowest BCUT2D eigenvalue weighted by molar-refractivity contribution is 0.265. The predicted octanol–water partition coefficient (Wildman–Crippen LogP) is 3.03. The number of hydrogen-bond donors (Lipinski definition) is 1. The van der Waals surface area contributed by atoms with Crippen LogP contribution in [0.4, 0.5) is 0 Å². The van der Waals surface area contributed by atoms with Crippen molar-refractivity contribution < 1.29 is 0 Å². The van der Waals surface area contributed by atoms with Gasteiger partial charge in [0.1, 0.15) is 0 Å². The highest BCUT2D eigenvalue weighted by atomic mass is 14.7. The Morgan fingerprint density at radius 1 is 1.19 bits per heavy atom. The molecule has 0 radical (unpaired) electrons. The molecule has 82 valence electrons. The highest BCUT2D eigenvalue weighted by Crippen LogP contribution is 2.37. The molecule has 1 fully saturated rings. The minimum Gasteiger partial charge on any atom is -0.324 e. The zero-order valence-electron chi connectivity index (χ0n) is 9.26. The smallest absolute Gasteiger partial charge is 0.0346 e. The molecule has 1 aliphatic rings. The SMILES string of the molecule is NC(c1cncc2ccccc12)C1CCC1. The summed E-state index contributed by atoms with van der Waals surface area (Å²) in [6, 6.07) is 8.51. The zero-order chi connectivity index (χ0) is 11.0. The van der Waals surface area contributed by atoms with E-state index in [1.54, 1.807) is 0 Å². The summed E-state index contributed by atoms with van der Waals surface area (Å²) in [6.45, 7) is 0. The van der Waals surface area contributed by atoms with Gasteiger partial charge in [-0.3, -0.25) is 4.98 Å². The van der Waals surface area contributed by atoms with Crippen molar-refractivity contribution in [1.82, 2.24) is 4.98 Å². The van der Waals surface area contributed by atoms with Gasteiger partial charge in [0, 0.05) is 23.8 Å². The average molecular weight is 212 g/mol. The van der Waals surface area contributed by atoms with Gasteiger partial charge in [-0.2, -0.15) is 0 Å². The van der Waals surface area contributed by atoms with Crippen LogP contribution in [0.15, 0.2) is 36.7 Å². The first kappa shape index (κ1) is 9.79. The monoisotopic (exact) mass is 212 g/mol. The second-order valence-corrected chi connectivity index (χ2v) is 4.67. The molecule has 1 aromatic heterocycles. The molecule has 0 amide bonds. The minimum absolute atomic E-state index is 0.160. The van der Waals surface area contributed by atoms with Crippen molar-refractivity contribution in [3.63, 3.8) is 0 Å². The molecule has 2 heteroatoms. The molecule has 2 nitrogen and oxygen atoms in total. The van der Waals surface area contributed by atoms with Crippen LogP contribution in [-0.4, -0.2) is 4.98 Å². The fourth-order valence-corrected chi connectivity index (χ4v) is 2.46. The fraction of sp³-hybridized carbons (Fsp3) is 0.357. The molecule has 1 aliphatic carbocycles. The fourth-order valence-electron chi connectivity index (χ4n) is 2.46. The van der Waals surface area contributed by atoms with E-state index in [2.05, 4.69) is 23.2 Å². The summed E-state index contributed by atoms with van der Waals surface area (Å²) in [5.74, 6) is 0.660. The Labute approximate surface area is 95.5 Å². The highest BCUT2D eigenvalue weighted by Gasteiger charge is 2.26. The molecule has 2 N–H and O–H groups in total. The molecule has 1 unspecified atom stereocenters. The Morgan fingerprint density at radius 3 is 2.75 bits per heavy atom. The third kappa shape index (κ3) is 1.50. The third-order valence-corrected chi connectivity index (χ3v) is 3.72. The molecule has 0 bridgehead atoms. The topological polar surface area (TPSA) is 38.9 Å². The predicted molar refractivity (Wildman–Crippen MR) is 66.0 cm³/mol. The van der Waals surface area contributed by atoms with E-state index in [9.17, 15) is 0 Å². The second-order valence-electron chi connectivity index (χ2n) is 4.67. The van der Waals surface area contributed by atoms with Crippen molar-refractivity contribution in [3.05, 3.63) is 42.2 Å². The maximum atomic E-state index is 6.33. The molecular weight excluding hydrogens is 196 g/mol. The van der Waals surface area contributed by atoms with Crippen LogP contribution in [0.25, 0.3) is 10.8 Å². The third-order valence-electron chi connectivity index (χ3n) is 3.72. The maximum Gasteiger partial charge on any atom is 0.0346 e. The summed E-state index contributed by atoms with van der Waals surface area (Å²) in [4.78, 5) is 4.29. The molecule has 16 heavy (non-hydrogen) atoms. The number of aromatic nitrogens is 1. The second kappa shape index (κ2) is 3.87. The van der Waals surface area contributed by atoms with Crippen LogP contribution in [-0.2, 0) is 0 Å². The standard InChI is InChI=1S/C14H16N2/c15-14(10-5-3-6-10)13-9-16-8-11-4-1-2-7-12(11)13/h1-2,4,7-10,14H,3,5-6,15H2. The van der Waals surface area contributed by atoms with Gasteiger partial charge < -0.3 is 5.73 Å². The highest BCUT2D eigenvalue weighted by molar-refractivity contribution is 5.85. The molecular formula is C14H16N2. The summed E-state index contributed by atoms with van der Waals surface area (Å²) >= 11 is 0. The molecule has 0 aliphatic heterocycles. The van der Waals surface area contributed by atoms with E-state index in [0.717, 1.165) is 0 Å². The lowest BCUT2D eigenvalue weighted by atomic mass is 9.77. The molecule has 0 saturated heterocycles. The van der Waals surface area contributed by atoms with E-state index in [4.69, 9.17) is 5.73 Å². The van der Waals surface area contributed by atoms with Crippen molar-refractivity contribution in [3.8, 4) is 0 Å². The quantitative estimate of drug-likeness (QED) is 0.831. The van der Waals surface area contributed by atoms with E-state index in [1.165, 1.54) is 35.6 Å². The van der Waals surface area contributed by atoms with E-state index >= 15 is 0 Å². The van der Waals surface area contributed by atoms with Crippen LogP contribution in [0.3, 0.4) is 0 Å². The lowest BCUT2D eigenvalue weighted by Gasteiger charge is -2.31. The molecule has 1 saturated carbocycles. The van der Waals surface area contributed by atoms with E-state index < -0.39 is 0 Å². The van der Waals surface area contributed by atoms with Crippen LogP contribution in [0, 0.1) is 5.92 Å². The van der Waals surface area contributed by atoms with E-state index in [1.807, 2.05) is 18.5 Å². The molecule has 2 aromatic rings. The van der Waals surface area contributed by atoms with E-state index in [0.29, 0.717) is 5.92 Å². The summed E-state index contributed by atoms with van der Waals surface area (Å²) < 4.78 is 0. The van der Waals surface area contributed by atoms with Gasteiger partial charge in [0.25, 0.3) is 0 Å². The van der Waals surface area contributed by atoms with Crippen LogP contribution in [0.2, 0.25) is 0 Å². The van der Waals surface area contributed by atoms with Crippen molar-refractivity contribution >= 4 is 10.8 Å². The number of pyridine rings is 1. The molecule has 3 rings (SSSR count). The summed E-state index contributed by atoms with van der Waals surface area (Å²) in [6.07, 6.45) is 7.71. The number of benzene rings is 1. The summed E-state index contributed by atoms with van der Waals surface area (Å²) in [5.41, 5.74) is 7.54. The van der Waals surface area contributed by atoms with Gasteiger partial charge in [-0.1, -0.05) is 30.7 Å². The van der Waals surface area contributed by atoms with Crippen molar-refractivity contribution in [1.29, 1.82) is 0 Å². The molecule has 1 heterocycles. The molecule has 1 atom stereocenters. The number of nitrogens with zero attached hydrogens (tertiary/aromatic N) is 1. The average Bonchev–Trinajstić information content (AvgIpc) is 2.26. The van der Waals surface area contributed by atoms with Gasteiger partial charge in [-0.15, -0.1) is 0 Å². The Kier molecular flexibility index (Phi) is 2.37. The van der Waals surface area contributed by atoms with Gasteiger partial charge in [0.2, 0.25) is 0 Å². The Morgan fingerprint density at radius 2 is 2.00 bits per heavy atom. The zero-order valence-corrected chi connectivity index (χ0v) is 9.26. The van der Waals surface area contributed by atoms with Gasteiger partial charge in [0.05, 0.1) is 0 Å². The van der Waals surface area contributed by atoms with Crippen molar-refractivity contribution in [2.75, 3.05) is 0 Å². The lowest BCUT2D eigenvalue weighted by Crippen LogP contribution is -2.27. The number of hydrogen-bond acceptors (Lipinski definition) is 2. The summed E-state index contributed by atoms with van der Waals surface area (Å²) in [5, 5.41) is 2.45. The van der Waals surface area contributed by atoms with Crippen molar-refractivity contribution in [2.45, 2.75) is 25.3 Å². The Bertz CT molecular complexity index is 498. The Balaban J connectivity index is 2.08. The van der Waals surface area contributed by atoms with E-state index in [-0.39, 0.29) is 6.04 Å². The first-order valence-electron chi connectivity index (χ1n) is 5.94. The first-order valence-corrected chi connectivity index (χ1v) is 5.94. The minimum atomic E-state index is 0.160. The number of rotatable bonds is 2. The van der Waals surface area contributed by atoms with Crippen LogP contribution in [0.5, 0.6) is 0 Å².